The van der Waals surface area contributed by atoms with Crippen LogP contribution in [0.5, 0.6) is 0 Å². The van der Waals surface area contributed by atoms with Crippen molar-refractivity contribution in [2.75, 3.05) is 11.1 Å². The topological polar surface area (TPSA) is 55.1 Å². The molecule has 0 saturated carbocycles. The fourth-order valence-electron chi connectivity index (χ4n) is 1.65. The van der Waals surface area contributed by atoms with E-state index >= 15 is 0 Å². The zero-order valence-corrected chi connectivity index (χ0v) is 10.7. The molecule has 1 amide bonds. The van der Waals surface area contributed by atoms with Crippen LogP contribution in [0.4, 0.5) is 24.5 Å². The molecular weight excluding hydrogens is 281 g/mol. The zero-order chi connectivity index (χ0) is 15.4. The van der Waals surface area contributed by atoms with Gasteiger partial charge in [0.2, 0.25) is 5.91 Å². The van der Waals surface area contributed by atoms with Gasteiger partial charge in [-0.05, 0) is 23.8 Å². The summed E-state index contributed by atoms with van der Waals surface area (Å²) in [5.41, 5.74) is 6.65. The van der Waals surface area contributed by atoms with Crippen molar-refractivity contribution in [2.45, 2.75) is 0 Å². The second-order valence-electron chi connectivity index (χ2n) is 4.25. The van der Waals surface area contributed by atoms with Crippen LogP contribution in [-0.4, -0.2) is 5.91 Å². The van der Waals surface area contributed by atoms with E-state index < -0.39 is 23.4 Å². The summed E-state index contributed by atoms with van der Waals surface area (Å²) in [6, 6.07) is 8.20. The summed E-state index contributed by atoms with van der Waals surface area (Å²) in [5.74, 6) is -4.93. The summed E-state index contributed by atoms with van der Waals surface area (Å²) < 4.78 is 38.7. The fraction of sp³-hybridized carbons (Fsp3) is 0. The van der Waals surface area contributed by atoms with Crippen molar-refractivity contribution in [3.05, 3.63) is 65.5 Å². The van der Waals surface area contributed by atoms with E-state index in [4.69, 9.17) is 5.73 Å². The molecule has 108 valence electrons. The first kappa shape index (κ1) is 14.6. The average molecular weight is 292 g/mol. The molecule has 21 heavy (non-hydrogen) atoms. The molecule has 0 spiro atoms. The van der Waals surface area contributed by atoms with Crippen molar-refractivity contribution in [1.82, 2.24) is 0 Å². The van der Waals surface area contributed by atoms with Crippen LogP contribution >= 0.6 is 0 Å². The van der Waals surface area contributed by atoms with Crippen molar-refractivity contribution in [2.24, 2.45) is 0 Å². The maximum Gasteiger partial charge on any atom is 0.248 e. The third-order valence-electron chi connectivity index (χ3n) is 2.59. The first-order valence-corrected chi connectivity index (χ1v) is 5.95. The van der Waals surface area contributed by atoms with Crippen LogP contribution in [0, 0.1) is 17.5 Å². The first-order chi connectivity index (χ1) is 9.95. The first-order valence-electron chi connectivity index (χ1n) is 5.95. The number of rotatable bonds is 3. The Morgan fingerprint density at radius 2 is 1.76 bits per heavy atom. The van der Waals surface area contributed by atoms with Crippen LogP contribution < -0.4 is 11.1 Å². The van der Waals surface area contributed by atoms with Gasteiger partial charge in [-0.1, -0.05) is 12.1 Å². The molecule has 0 unspecified atom stereocenters. The van der Waals surface area contributed by atoms with Crippen LogP contribution in [0.2, 0.25) is 0 Å². The number of carbonyl (C=O) groups is 1. The van der Waals surface area contributed by atoms with Crippen molar-refractivity contribution in [3.8, 4) is 0 Å². The molecule has 2 rings (SSSR count). The van der Waals surface area contributed by atoms with Gasteiger partial charge in [-0.3, -0.25) is 4.79 Å². The highest BCUT2D eigenvalue weighted by Gasteiger charge is 2.11. The maximum absolute atomic E-state index is 13.0. The maximum atomic E-state index is 13.0. The Hall–Kier alpha value is -2.76. The second kappa shape index (κ2) is 6.13. The molecule has 0 aliphatic carbocycles. The molecular formula is C15H11F3N2O. The Bertz CT molecular complexity index is 691. The molecule has 0 bridgehead atoms. The van der Waals surface area contributed by atoms with Gasteiger partial charge in [0.15, 0.2) is 17.5 Å². The van der Waals surface area contributed by atoms with Crippen LogP contribution in [0.3, 0.4) is 0 Å². The molecule has 0 atom stereocenters. The molecule has 0 aliphatic heterocycles. The Morgan fingerprint density at radius 1 is 1.10 bits per heavy atom. The minimum atomic E-state index is -1.58. The number of anilines is 2. The Labute approximate surface area is 118 Å². The lowest BCUT2D eigenvalue weighted by atomic mass is 10.2. The van der Waals surface area contributed by atoms with E-state index in [-0.39, 0.29) is 5.69 Å². The minimum Gasteiger partial charge on any atom is -0.399 e. The normalized spacial score (nSPS) is 10.8. The van der Waals surface area contributed by atoms with Crippen molar-refractivity contribution in [3.63, 3.8) is 0 Å². The van der Waals surface area contributed by atoms with Gasteiger partial charge >= 0.3 is 0 Å². The van der Waals surface area contributed by atoms with Crippen LogP contribution in [0.15, 0.2) is 42.5 Å². The van der Waals surface area contributed by atoms with E-state index in [2.05, 4.69) is 5.32 Å². The average Bonchev–Trinajstić information content (AvgIpc) is 2.42. The molecule has 3 nitrogen and oxygen atoms in total. The molecule has 0 aromatic heterocycles. The van der Waals surface area contributed by atoms with Crippen molar-refractivity contribution < 1.29 is 18.0 Å². The molecule has 3 N–H and O–H groups in total. The van der Waals surface area contributed by atoms with E-state index in [1.807, 2.05) is 0 Å². The number of nitrogen functional groups attached to an aromatic ring is 1. The summed E-state index contributed by atoms with van der Waals surface area (Å²) in [6.45, 7) is 0. The number of amides is 1. The van der Waals surface area contributed by atoms with Crippen LogP contribution in [0.25, 0.3) is 6.08 Å². The van der Waals surface area contributed by atoms with Crippen molar-refractivity contribution >= 4 is 23.4 Å². The number of halogens is 3. The fourth-order valence-corrected chi connectivity index (χ4v) is 1.65. The largest absolute Gasteiger partial charge is 0.399 e. The standard InChI is InChI=1S/C15H11F3N2O/c16-12-7-11(8-13(17)15(12)18)20-14(21)5-4-9-2-1-3-10(19)6-9/h1-8H,19H2,(H,20,21)/b5-4+. The lowest BCUT2D eigenvalue weighted by Gasteiger charge is -2.03. The highest BCUT2D eigenvalue weighted by Crippen LogP contribution is 2.17. The van der Waals surface area contributed by atoms with Gasteiger partial charge in [-0.25, -0.2) is 13.2 Å². The van der Waals surface area contributed by atoms with E-state index in [1.165, 1.54) is 12.2 Å². The monoisotopic (exact) mass is 292 g/mol. The summed E-state index contributed by atoms with van der Waals surface area (Å²) >= 11 is 0. The van der Waals surface area contributed by atoms with Gasteiger partial charge in [0.05, 0.1) is 0 Å². The molecule has 2 aromatic rings. The quantitative estimate of drug-likeness (QED) is 0.518. The highest BCUT2D eigenvalue weighted by atomic mass is 19.2. The van der Waals surface area contributed by atoms with E-state index in [1.54, 1.807) is 24.3 Å². The third-order valence-corrected chi connectivity index (χ3v) is 2.59. The number of nitrogens with two attached hydrogens (primary N) is 1. The highest BCUT2D eigenvalue weighted by molar-refractivity contribution is 6.01. The minimum absolute atomic E-state index is 0.173. The number of carbonyl (C=O) groups excluding carboxylic acids is 1. The van der Waals surface area contributed by atoms with E-state index in [0.717, 1.165) is 0 Å². The molecule has 0 saturated heterocycles. The number of benzene rings is 2. The van der Waals surface area contributed by atoms with E-state index in [0.29, 0.717) is 23.4 Å². The molecule has 2 aromatic carbocycles. The summed E-state index contributed by atoms with van der Waals surface area (Å²) in [5, 5.41) is 2.23. The number of hydrogen-bond donors (Lipinski definition) is 2. The molecule has 0 fully saturated rings. The van der Waals surface area contributed by atoms with Crippen LogP contribution in [-0.2, 0) is 4.79 Å². The number of hydrogen-bond acceptors (Lipinski definition) is 2. The molecule has 0 aliphatic rings. The Balaban J connectivity index is 2.08. The SMILES string of the molecule is Nc1cccc(/C=C/C(=O)Nc2cc(F)c(F)c(F)c2)c1. The predicted molar refractivity (Wildman–Crippen MR) is 74.8 cm³/mol. The Morgan fingerprint density at radius 3 is 2.38 bits per heavy atom. The smallest absolute Gasteiger partial charge is 0.248 e. The predicted octanol–water partition coefficient (Wildman–Crippen LogP) is 3.34. The zero-order valence-electron chi connectivity index (χ0n) is 10.7. The molecule has 0 radical (unpaired) electrons. The molecule has 0 heterocycles. The summed E-state index contributed by atoms with van der Waals surface area (Å²) in [7, 11) is 0. The third kappa shape index (κ3) is 3.85. The van der Waals surface area contributed by atoms with E-state index in [9.17, 15) is 18.0 Å². The summed E-state index contributed by atoms with van der Waals surface area (Å²) in [4.78, 5) is 11.6. The van der Waals surface area contributed by atoms with Gasteiger partial charge in [-0.2, -0.15) is 0 Å². The summed E-state index contributed by atoms with van der Waals surface area (Å²) in [6.07, 6.45) is 2.66. The number of nitrogens with one attached hydrogen (secondary N) is 1. The lowest BCUT2D eigenvalue weighted by Crippen LogP contribution is -2.09. The van der Waals surface area contributed by atoms with Crippen molar-refractivity contribution in [1.29, 1.82) is 0 Å². The van der Waals surface area contributed by atoms with Crippen LogP contribution in [0.1, 0.15) is 5.56 Å². The van der Waals surface area contributed by atoms with Gasteiger partial charge in [-0.15, -0.1) is 0 Å². The van der Waals surface area contributed by atoms with Gasteiger partial charge in [0, 0.05) is 29.6 Å². The second-order valence-corrected chi connectivity index (χ2v) is 4.25. The molecule has 6 heteroatoms. The van der Waals surface area contributed by atoms with Gasteiger partial charge in [0.1, 0.15) is 0 Å². The van der Waals surface area contributed by atoms with Gasteiger partial charge < -0.3 is 11.1 Å². The van der Waals surface area contributed by atoms with Gasteiger partial charge in [0.25, 0.3) is 0 Å². The lowest BCUT2D eigenvalue weighted by molar-refractivity contribution is -0.111. The Kier molecular flexibility index (Phi) is 4.27.